The van der Waals surface area contributed by atoms with Gasteiger partial charge in [0, 0.05) is 13.1 Å². The zero-order valence-electron chi connectivity index (χ0n) is 20.3. The molecule has 0 radical (unpaired) electrons. The largest absolute Gasteiger partial charge is 0.490 e. The Labute approximate surface area is 214 Å². The van der Waals surface area contributed by atoms with E-state index >= 15 is 0 Å². The number of hydrogen-bond acceptors (Lipinski definition) is 7. The number of piperidine rings is 1. The highest BCUT2D eigenvalue weighted by molar-refractivity contribution is 8.18. The smallest absolute Gasteiger partial charge is 0.343 e. The summed E-state index contributed by atoms with van der Waals surface area (Å²) < 4.78 is 11.2. The SMILES string of the molecule is CCOc1cc(/C=C2\SC(=O)N(CC(=O)N3CCCCC3)C2=O)ccc1OC(=O)c1ccc(C)cc1. The fraction of sp³-hybridized carbons (Fsp3) is 0.333. The Balaban J connectivity index is 1.48. The number of carbonyl (C=O) groups is 4. The molecule has 0 atom stereocenters. The molecule has 3 amide bonds. The zero-order valence-corrected chi connectivity index (χ0v) is 21.1. The Bertz CT molecular complexity index is 1200. The fourth-order valence-electron chi connectivity index (χ4n) is 3.98. The summed E-state index contributed by atoms with van der Waals surface area (Å²) in [5.74, 6) is -0.631. The molecule has 0 aromatic heterocycles. The van der Waals surface area contributed by atoms with Gasteiger partial charge in [-0.2, -0.15) is 0 Å². The van der Waals surface area contributed by atoms with Crippen molar-refractivity contribution < 1.29 is 28.7 Å². The molecule has 8 nitrogen and oxygen atoms in total. The number of likely N-dealkylation sites (tertiary alicyclic amines) is 1. The van der Waals surface area contributed by atoms with E-state index < -0.39 is 17.1 Å². The van der Waals surface area contributed by atoms with Gasteiger partial charge in [0.15, 0.2) is 11.5 Å². The predicted molar refractivity (Wildman–Crippen MR) is 137 cm³/mol. The summed E-state index contributed by atoms with van der Waals surface area (Å²) in [5, 5.41) is -0.467. The molecule has 0 bridgehead atoms. The summed E-state index contributed by atoms with van der Waals surface area (Å²) in [6, 6.07) is 12.0. The van der Waals surface area contributed by atoms with Crippen molar-refractivity contribution in [2.45, 2.75) is 33.1 Å². The van der Waals surface area contributed by atoms with Crippen molar-refractivity contribution in [2.24, 2.45) is 0 Å². The lowest BCUT2D eigenvalue weighted by atomic mass is 10.1. The number of ether oxygens (including phenoxy) is 2. The van der Waals surface area contributed by atoms with E-state index in [4.69, 9.17) is 9.47 Å². The van der Waals surface area contributed by atoms with E-state index in [-0.39, 0.29) is 23.1 Å². The third kappa shape index (κ3) is 5.96. The van der Waals surface area contributed by atoms with Gasteiger partial charge in [0.05, 0.1) is 17.1 Å². The number of rotatable bonds is 7. The quantitative estimate of drug-likeness (QED) is 0.305. The van der Waals surface area contributed by atoms with Crippen LogP contribution in [0.25, 0.3) is 6.08 Å². The van der Waals surface area contributed by atoms with Crippen molar-refractivity contribution in [2.75, 3.05) is 26.2 Å². The van der Waals surface area contributed by atoms with Gasteiger partial charge in [-0.3, -0.25) is 19.3 Å². The number of amides is 3. The Hall–Kier alpha value is -3.59. The van der Waals surface area contributed by atoms with E-state index in [9.17, 15) is 19.2 Å². The maximum absolute atomic E-state index is 12.9. The average Bonchev–Trinajstić information content (AvgIpc) is 3.13. The number of thioether (sulfide) groups is 1. The van der Waals surface area contributed by atoms with Crippen LogP contribution < -0.4 is 9.47 Å². The lowest BCUT2D eigenvalue weighted by molar-refractivity contribution is -0.136. The molecule has 2 saturated heterocycles. The molecule has 0 N–H and O–H groups in total. The number of esters is 1. The molecule has 36 heavy (non-hydrogen) atoms. The number of imide groups is 1. The van der Waals surface area contributed by atoms with Crippen molar-refractivity contribution in [3.63, 3.8) is 0 Å². The Morgan fingerprint density at radius 3 is 2.42 bits per heavy atom. The molecule has 4 rings (SSSR count). The first-order valence-electron chi connectivity index (χ1n) is 11.9. The highest BCUT2D eigenvalue weighted by atomic mass is 32.2. The minimum Gasteiger partial charge on any atom is -0.490 e. The second-order valence-electron chi connectivity index (χ2n) is 8.60. The van der Waals surface area contributed by atoms with Gasteiger partial charge < -0.3 is 14.4 Å². The van der Waals surface area contributed by atoms with Gasteiger partial charge >= 0.3 is 5.97 Å². The van der Waals surface area contributed by atoms with Crippen LogP contribution in [0.5, 0.6) is 11.5 Å². The molecule has 188 valence electrons. The number of carbonyl (C=O) groups excluding carboxylic acids is 4. The van der Waals surface area contributed by atoms with Crippen molar-refractivity contribution in [1.82, 2.24) is 9.80 Å². The number of benzene rings is 2. The van der Waals surface area contributed by atoms with Crippen molar-refractivity contribution in [3.8, 4) is 11.5 Å². The van der Waals surface area contributed by atoms with Gasteiger partial charge in [0.2, 0.25) is 5.91 Å². The molecule has 2 aliphatic rings. The molecule has 2 aromatic carbocycles. The molecule has 2 heterocycles. The van der Waals surface area contributed by atoms with Crippen LogP contribution in [0.15, 0.2) is 47.4 Å². The van der Waals surface area contributed by atoms with Crippen LogP contribution in [0.4, 0.5) is 4.79 Å². The van der Waals surface area contributed by atoms with Crippen LogP contribution in [0.2, 0.25) is 0 Å². The molecule has 0 unspecified atom stereocenters. The van der Waals surface area contributed by atoms with Gasteiger partial charge in [0.25, 0.3) is 11.1 Å². The van der Waals surface area contributed by atoms with E-state index in [1.807, 2.05) is 26.0 Å². The Morgan fingerprint density at radius 1 is 1.00 bits per heavy atom. The van der Waals surface area contributed by atoms with Gasteiger partial charge in [-0.1, -0.05) is 23.8 Å². The summed E-state index contributed by atoms with van der Waals surface area (Å²) >= 11 is 0.799. The van der Waals surface area contributed by atoms with E-state index in [0.29, 0.717) is 36.6 Å². The van der Waals surface area contributed by atoms with Gasteiger partial charge in [0.1, 0.15) is 6.54 Å². The lowest BCUT2D eigenvalue weighted by Crippen LogP contribution is -2.44. The minimum atomic E-state index is -0.511. The van der Waals surface area contributed by atoms with Crippen LogP contribution in [0.1, 0.15) is 47.7 Å². The number of nitrogens with zero attached hydrogens (tertiary/aromatic N) is 2. The fourth-order valence-corrected chi connectivity index (χ4v) is 4.82. The van der Waals surface area contributed by atoms with Crippen LogP contribution in [-0.4, -0.2) is 59.1 Å². The lowest BCUT2D eigenvalue weighted by Gasteiger charge is -2.27. The minimum absolute atomic E-state index is 0.211. The van der Waals surface area contributed by atoms with Crippen molar-refractivity contribution >= 4 is 40.9 Å². The summed E-state index contributed by atoms with van der Waals surface area (Å²) in [4.78, 5) is 53.4. The Morgan fingerprint density at radius 2 is 1.72 bits per heavy atom. The average molecular weight is 509 g/mol. The first-order chi connectivity index (χ1) is 17.4. The van der Waals surface area contributed by atoms with Crippen molar-refractivity contribution in [3.05, 3.63) is 64.1 Å². The van der Waals surface area contributed by atoms with Crippen LogP contribution in [0.3, 0.4) is 0 Å². The van der Waals surface area contributed by atoms with Gasteiger partial charge in [-0.25, -0.2) is 4.79 Å². The number of aryl methyl sites for hydroxylation is 1. The highest BCUT2D eigenvalue weighted by Crippen LogP contribution is 2.35. The molecule has 9 heteroatoms. The molecular formula is C27H28N2O6S. The molecular weight excluding hydrogens is 480 g/mol. The maximum atomic E-state index is 12.9. The topological polar surface area (TPSA) is 93.2 Å². The summed E-state index contributed by atoms with van der Waals surface area (Å²) in [5.41, 5.74) is 2.05. The molecule has 0 spiro atoms. The predicted octanol–water partition coefficient (Wildman–Crippen LogP) is 4.66. The Kier molecular flexibility index (Phi) is 8.10. The van der Waals surface area contributed by atoms with Gasteiger partial charge in [-0.15, -0.1) is 0 Å². The molecule has 0 aliphatic carbocycles. The summed E-state index contributed by atoms with van der Waals surface area (Å²) in [6.45, 7) is 5.15. The second-order valence-corrected chi connectivity index (χ2v) is 9.60. The normalized spacial score (nSPS) is 17.0. The molecule has 2 aliphatic heterocycles. The first kappa shape index (κ1) is 25.5. The van der Waals surface area contributed by atoms with E-state index in [0.717, 1.165) is 41.5 Å². The van der Waals surface area contributed by atoms with Crippen LogP contribution in [-0.2, 0) is 9.59 Å². The van der Waals surface area contributed by atoms with Crippen LogP contribution >= 0.6 is 11.8 Å². The van der Waals surface area contributed by atoms with E-state index in [1.165, 1.54) is 0 Å². The summed E-state index contributed by atoms with van der Waals surface area (Å²) in [6.07, 6.45) is 4.53. The standard InChI is InChI=1S/C27H28N2O6S/c1-3-34-22-15-19(9-12-21(22)35-26(32)20-10-7-18(2)8-11-20)16-23-25(31)29(27(33)36-23)17-24(30)28-13-5-4-6-14-28/h7-12,15-16H,3-6,13-14,17H2,1-2H3/b23-16-. The third-order valence-corrected chi connectivity index (χ3v) is 6.84. The van der Waals surface area contributed by atoms with E-state index in [2.05, 4.69) is 0 Å². The van der Waals surface area contributed by atoms with E-state index in [1.54, 1.807) is 41.3 Å². The van der Waals surface area contributed by atoms with Gasteiger partial charge in [-0.05, 0) is 80.8 Å². The molecule has 2 fully saturated rings. The van der Waals surface area contributed by atoms with Crippen LogP contribution in [0, 0.1) is 6.92 Å². The highest BCUT2D eigenvalue weighted by Gasteiger charge is 2.37. The zero-order chi connectivity index (χ0) is 25.7. The summed E-state index contributed by atoms with van der Waals surface area (Å²) in [7, 11) is 0. The second kappa shape index (κ2) is 11.4. The molecule has 0 saturated carbocycles. The molecule has 2 aromatic rings. The monoisotopic (exact) mass is 508 g/mol. The van der Waals surface area contributed by atoms with Crippen molar-refractivity contribution in [1.29, 1.82) is 0 Å². The first-order valence-corrected chi connectivity index (χ1v) is 12.8. The number of hydrogen-bond donors (Lipinski definition) is 0. The third-order valence-electron chi connectivity index (χ3n) is 5.93. The maximum Gasteiger partial charge on any atom is 0.343 e.